The van der Waals surface area contributed by atoms with Crippen molar-refractivity contribution >= 4 is 5.97 Å². The maximum atomic E-state index is 13.2. The van der Waals surface area contributed by atoms with E-state index in [0.717, 1.165) is 0 Å². The van der Waals surface area contributed by atoms with Gasteiger partial charge in [0.15, 0.2) is 5.41 Å². The van der Waals surface area contributed by atoms with Gasteiger partial charge in [0.2, 0.25) is 0 Å². The Bertz CT molecular complexity index is 441. The first-order chi connectivity index (χ1) is 6.81. The van der Waals surface area contributed by atoms with Crippen LogP contribution in [-0.4, -0.2) is 26.8 Å². The number of carbonyl (C=O) groups is 1. The number of hydrogen-bond acceptors (Lipinski definition) is 2. The highest BCUT2D eigenvalue weighted by atomic mass is 19.3. The van der Waals surface area contributed by atoms with Crippen molar-refractivity contribution in [1.29, 1.82) is 0 Å². The molecule has 1 N–H and O–H groups in total. The summed E-state index contributed by atoms with van der Waals surface area (Å²) in [5.74, 6) is -4.66. The number of aryl methyl sites for hydroxylation is 2. The Morgan fingerprint density at radius 1 is 1.67 bits per heavy atom. The number of hydrogen-bond donors (Lipinski definition) is 1. The van der Waals surface area contributed by atoms with Crippen molar-refractivity contribution in [2.45, 2.75) is 24.7 Å². The van der Waals surface area contributed by atoms with Crippen LogP contribution in [0.1, 0.15) is 17.8 Å². The topological polar surface area (TPSA) is 55.1 Å². The average molecular weight is 216 g/mol. The van der Waals surface area contributed by atoms with Crippen LogP contribution in [-0.2, 0) is 17.3 Å². The first-order valence-electron chi connectivity index (χ1n) is 4.43. The molecule has 0 aromatic carbocycles. The van der Waals surface area contributed by atoms with Crippen LogP contribution in [0.2, 0.25) is 0 Å². The van der Waals surface area contributed by atoms with Crippen molar-refractivity contribution < 1.29 is 18.7 Å². The molecule has 1 saturated carbocycles. The van der Waals surface area contributed by atoms with Gasteiger partial charge in [-0.1, -0.05) is 0 Å². The summed E-state index contributed by atoms with van der Waals surface area (Å²) in [7, 11) is 1.47. The van der Waals surface area contributed by atoms with Gasteiger partial charge in [0.25, 0.3) is 5.92 Å². The standard InChI is InChI=1S/C9H10F2N2O2/c1-5-3-6(13(2)12-5)8(7(14)15)4-9(8,10)11/h3H,4H2,1-2H3,(H,14,15). The summed E-state index contributed by atoms with van der Waals surface area (Å²) in [5, 5.41) is 12.8. The zero-order chi connectivity index (χ0) is 11.4. The summed E-state index contributed by atoms with van der Waals surface area (Å²) in [4.78, 5) is 10.9. The lowest BCUT2D eigenvalue weighted by Gasteiger charge is -2.10. The molecule has 82 valence electrons. The molecule has 1 fully saturated rings. The molecule has 1 unspecified atom stereocenters. The summed E-state index contributed by atoms with van der Waals surface area (Å²) in [6.07, 6.45) is -0.645. The van der Waals surface area contributed by atoms with Crippen LogP contribution in [0.4, 0.5) is 8.78 Å². The Morgan fingerprint density at radius 2 is 2.20 bits per heavy atom. The van der Waals surface area contributed by atoms with Crippen molar-refractivity contribution in [1.82, 2.24) is 9.78 Å². The van der Waals surface area contributed by atoms with Gasteiger partial charge in [-0.25, -0.2) is 8.78 Å². The van der Waals surface area contributed by atoms with E-state index in [0.29, 0.717) is 5.69 Å². The molecule has 1 aliphatic carbocycles. The highest BCUT2D eigenvalue weighted by Gasteiger charge is 2.78. The van der Waals surface area contributed by atoms with E-state index in [1.54, 1.807) is 6.92 Å². The van der Waals surface area contributed by atoms with E-state index >= 15 is 0 Å². The summed E-state index contributed by atoms with van der Waals surface area (Å²) in [5.41, 5.74) is -1.46. The van der Waals surface area contributed by atoms with Gasteiger partial charge in [0, 0.05) is 13.5 Å². The van der Waals surface area contributed by atoms with Gasteiger partial charge in [-0.05, 0) is 13.0 Å². The molecule has 15 heavy (non-hydrogen) atoms. The molecule has 0 radical (unpaired) electrons. The Kier molecular flexibility index (Phi) is 1.72. The number of alkyl halides is 2. The van der Waals surface area contributed by atoms with E-state index in [9.17, 15) is 13.6 Å². The van der Waals surface area contributed by atoms with Crippen LogP contribution < -0.4 is 0 Å². The fourth-order valence-corrected chi connectivity index (χ4v) is 1.92. The molecule has 1 atom stereocenters. The van der Waals surface area contributed by atoms with Gasteiger partial charge >= 0.3 is 5.97 Å². The van der Waals surface area contributed by atoms with Crippen molar-refractivity contribution in [2.75, 3.05) is 0 Å². The third kappa shape index (κ3) is 1.10. The smallest absolute Gasteiger partial charge is 0.322 e. The third-order valence-electron chi connectivity index (χ3n) is 2.79. The van der Waals surface area contributed by atoms with Crippen LogP contribution in [0, 0.1) is 6.92 Å². The van der Waals surface area contributed by atoms with E-state index in [1.807, 2.05) is 0 Å². The second-order valence-corrected chi connectivity index (χ2v) is 3.89. The van der Waals surface area contributed by atoms with Crippen molar-refractivity contribution in [3.8, 4) is 0 Å². The monoisotopic (exact) mass is 216 g/mol. The minimum absolute atomic E-state index is 0.0671. The Balaban J connectivity index is 2.54. The molecule has 1 aliphatic rings. The predicted molar refractivity (Wildman–Crippen MR) is 46.8 cm³/mol. The predicted octanol–water partition coefficient (Wildman–Crippen LogP) is 1.09. The van der Waals surface area contributed by atoms with Crippen LogP contribution in [0.5, 0.6) is 0 Å². The molecule has 4 nitrogen and oxygen atoms in total. The maximum absolute atomic E-state index is 13.2. The van der Waals surface area contributed by atoms with Gasteiger partial charge in [-0.15, -0.1) is 0 Å². The maximum Gasteiger partial charge on any atom is 0.322 e. The highest BCUT2D eigenvalue weighted by Crippen LogP contribution is 2.61. The van der Waals surface area contributed by atoms with E-state index in [4.69, 9.17) is 5.11 Å². The summed E-state index contributed by atoms with van der Waals surface area (Å²) in [6.45, 7) is 1.64. The third-order valence-corrected chi connectivity index (χ3v) is 2.79. The second kappa shape index (κ2) is 2.56. The van der Waals surface area contributed by atoms with Crippen LogP contribution in [0.3, 0.4) is 0 Å². The molecule has 2 rings (SSSR count). The number of aliphatic carboxylic acids is 1. The molecule has 0 amide bonds. The molecular weight excluding hydrogens is 206 g/mol. The second-order valence-electron chi connectivity index (χ2n) is 3.89. The summed E-state index contributed by atoms with van der Waals surface area (Å²) < 4.78 is 27.5. The van der Waals surface area contributed by atoms with E-state index in [-0.39, 0.29) is 5.69 Å². The summed E-state index contributed by atoms with van der Waals surface area (Å²) >= 11 is 0. The average Bonchev–Trinajstić information content (AvgIpc) is 2.50. The van der Waals surface area contributed by atoms with Crippen molar-refractivity contribution in [3.63, 3.8) is 0 Å². The molecular formula is C9H10F2N2O2. The van der Waals surface area contributed by atoms with Crippen molar-refractivity contribution in [3.05, 3.63) is 17.5 Å². The Morgan fingerprint density at radius 3 is 2.47 bits per heavy atom. The Labute approximate surface area is 84.5 Å². The van der Waals surface area contributed by atoms with Gasteiger partial charge in [0.1, 0.15) is 0 Å². The van der Waals surface area contributed by atoms with E-state index in [2.05, 4.69) is 5.10 Å². The van der Waals surface area contributed by atoms with Crippen LogP contribution >= 0.6 is 0 Å². The molecule has 1 aromatic heterocycles. The zero-order valence-corrected chi connectivity index (χ0v) is 8.29. The highest BCUT2D eigenvalue weighted by molar-refractivity contribution is 5.87. The molecule has 0 spiro atoms. The number of rotatable bonds is 2. The fraction of sp³-hybridized carbons (Fsp3) is 0.556. The normalized spacial score (nSPS) is 27.7. The molecule has 0 aliphatic heterocycles. The molecule has 6 heteroatoms. The van der Waals surface area contributed by atoms with Crippen molar-refractivity contribution in [2.24, 2.45) is 7.05 Å². The zero-order valence-electron chi connectivity index (χ0n) is 8.29. The van der Waals surface area contributed by atoms with Gasteiger partial charge in [-0.2, -0.15) is 5.10 Å². The summed E-state index contributed by atoms with van der Waals surface area (Å²) in [6, 6.07) is 1.40. The molecule has 1 heterocycles. The number of carboxylic acids is 1. The number of carboxylic acid groups (broad SMARTS) is 1. The molecule has 1 aromatic rings. The quantitative estimate of drug-likeness (QED) is 0.805. The largest absolute Gasteiger partial charge is 0.480 e. The number of nitrogens with zero attached hydrogens (tertiary/aromatic N) is 2. The lowest BCUT2D eigenvalue weighted by atomic mass is 10.0. The van der Waals surface area contributed by atoms with Crippen LogP contribution in [0.25, 0.3) is 0 Å². The molecule has 0 saturated heterocycles. The number of aromatic nitrogens is 2. The van der Waals surface area contributed by atoms with Crippen LogP contribution in [0.15, 0.2) is 6.07 Å². The van der Waals surface area contributed by atoms with E-state index in [1.165, 1.54) is 17.8 Å². The first-order valence-corrected chi connectivity index (χ1v) is 4.43. The first kappa shape index (κ1) is 10.1. The number of halogens is 2. The lowest BCUT2D eigenvalue weighted by Crippen LogP contribution is -2.29. The Hall–Kier alpha value is -1.46. The van der Waals surface area contributed by atoms with Gasteiger partial charge < -0.3 is 5.11 Å². The van der Waals surface area contributed by atoms with E-state index < -0.39 is 23.7 Å². The minimum atomic E-state index is -3.17. The van der Waals surface area contributed by atoms with Gasteiger partial charge in [-0.3, -0.25) is 9.48 Å². The fourth-order valence-electron chi connectivity index (χ4n) is 1.92. The SMILES string of the molecule is Cc1cc(C2(C(=O)O)CC2(F)F)n(C)n1. The minimum Gasteiger partial charge on any atom is -0.480 e. The molecule has 0 bridgehead atoms. The lowest BCUT2D eigenvalue weighted by molar-refractivity contribution is -0.143. The van der Waals surface area contributed by atoms with Gasteiger partial charge in [0.05, 0.1) is 11.4 Å².